The Hall–Kier alpha value is -3.96. The molecular weight excluding hydrogens is 585 g/mol. The van der Waals surface area contributed by atoms with Crippen molar-refractivity contribution in [2.75, 3.05) is 61.2 Å². The van der Waals surface area contributed by atoms with E-state index in [0.29, 0.717) is 43.5 Å². The van der Waals surface area contributed by atoms with Crippen LogP contribution < -0.4 is 5.43 Å². The maximum absolute atomic E-state index is 15.0. The molecule has 2 aromatic rings. The number of nitrogens with zero attached hydrogens (tertiary/aromatic N) is 5. The number of rotatable bonds is 9. The number of methoxy groups -OCH3 is 2. The monoisotopic (exact) mass is 635 g/mol. The highest BCUT2D eigenvalue weighted by atomic mass is 19.1. The van der Waals surface area contributed by atoms with Crippen molar-refractivity contribution in [2.24, 2.45) is 16.0 Å². The second-order valence-electron chi connectivity index (χ2n) is 11.6. The first-order valence-corrected chi connectivity index (χ1v) is 16.2. The molecule has 0 saturated carbocycles. The van der Waals surface area contributed by atoms with Crippen molar-refractivity contribution in [1.29, 1.82) is 0 Å². The summed E-state index contributed by atoms with van der Waals surface area (Å²) in [5.41, 5.74) is 8.17. The molecule has 250 valence electrons. The highest BCUT2D eigenvalue weighted by Gasteiger charge is 2.26. The molecule has 1 saturated heterocycles. The minimum absolute atomic E-state index is 0.0801. The molecule has 2 N–H and O–H groups in total. The lowest BCUT2D eigenvalue weighted by molar-refractivity contribution is 0.0387. The van der Waals surface area contributed by atoms with Gasteiger partial charge in [0.2, 0.25) is 5.90 Å². The van der Waals surface area contributed by atoms with E-state index in [1.165, 1.54) is 0 Å². The average Bonchev–Trinajstić information content (AvgIpc) is 3.38. The minimum atomic E-state index is -0.211. The lowest BCUT2D eigenvalue weighted by Gasteiger charge is -2.32. The summed E-state index contributed by atoms with van der Waals surface area (Å²) in [6.07, 6.45) is 12.6. The molecule has 3 aliphatic rings. The Morgan fingerprint density at radius 2 is 2.00 bits per heavy atom. The van der Waals surface area contributed by atoms with Crippen molar-refractivity contribution in [3.05, 3.63) is 70.5 Å². The Bertz CT molecular complexity index is 1510. The van der Waals surface area contributed by atoms with Gasteiger partial charge in [-0.05, 0) is 74.9 Å². The number of hydrogen-bond donors (Lipinski definition) is 2. The number of likely N-dealkylation sites (tertiary alicyclic amines) is 1. The smallest absolute Gasteiger partial charge is 0.238 e. The number of hydrogen-bond acceptors (Lipinski definition) is 9. The van der Waals surface area contributed by atoms with Crippen LogP contribution in [0.5, 0.6) is 0 Å². The number of aromatic nitrogens is 2. The topological polar surface area (TPSA) is 99.6 Å². The fourth-order valence-corrected chi connectivity index (χ4v) is 5.98. The molecule has 0 amide bonds. The number of nitrogens with one attached hydrogen (secondary N) is 2. The molecule has 10 nitrogen and oxygen atoms in total. The Labute approximate surface area is 272 Å². The first-order chi connectivity index (χ1) is 22.4. The molecule has 2 atom stereocenters. The van der Waals surface area contributed by atoms with E-state index in [0.717, 1.165) is 65.6 Å². The number of H-pyrrole nitrogens is 1. The van der Waals surface area contributed by atoms with Gasteiger partial charge in [-0.25, -0.2) is 4.39 Å². The molecule has 1 aromatic heterocycles. The van der Waals surface area contributed by atoms with E-state index in [9.17, 15) is 4.39 Å². The number of benzene rings is 1. The predicted molar refractivity (Wildman–Crippen MR) is 184 cm³/mol. The standard InChI is InChI=1S/C33H44FN7O3.C2H6/c1-22-14-30-27(32(38-37-30)24-17-36-21-40(3)18-24)16-26(22)33(39-35-2)44-20-23-10-12-41(13-11-25(15-23)42-4)19-28-29(34)8-6-7-9-31(28)43-5;1-2/h7-9,14,16-18,23,25,35H,6,10-13,15,19-21H2,1-5H3,(H,37,38);1-2H3/b39-33-;/t23-,25?;/m0./s1. The molecule has 0 spiro atoms. The number of fused-ring (bicyclic) bond motifs is 1. The molecule has 3 heterocycles. The van der Waals surface area contributed by atoms with Crippen LogP contribution >= 0.6 is 0 Å². The summed E-state index contributed by atoms with van der Waals surface area (Å²) >= 11 is 0. The summed E-state index contributed by atoms with van der Waals surface area (Å²) < 4.78 is 32.9. The maximum atomic E-state index is 15.0. The second-order valence-corrected chi connectivity index (χ2v) is 11.6. The zero-order valence-electron chi connectivity index (χ0n) is 28.4. The minimum Gasteiger partial charge on any atom is -0.496 e. The molecule has 1 aromatic carbocycles. The number of aryl methyl sites for hydroxylation is 1. The molecule has 11 heteroatoms. The first-order valence-electron chi connectivity index (χ1n) is 16.2. The number of halogens is 1. The van der Waals surface area contributed by atoms with Gasteiger partial charge in [-0.2, -0.15) is 5.10 Å². The van der Waals surface area contributed by atoms with Crippen molar-refractivity contribution < 1.29 is 18.6 Å². The van der Waals surface area contributed by atoms with Gasteiger partial charge in [-0.15, -0.1) is 5.10 Å². The average molecular weight is 636 g/mol. The van der Waals surface area contributed by atoms with Gasteiger partial charge in [0.05, 0.1) is 25.3 Å². The van der Waals surface area contributed by atoms with Crippen molar-refractivity contribution in [3.63, 3.8) is 0 Å². The van der Waals surface area contributed by atoms with E-state index in [1.54, 1.807) is 27.3 Å². The van der Waals surface area contributed by atoms with Gasteiger partial charge >= 0.3 is 0 Å². The molecule has 46 heavy (non-hydrogen) atoms. The third-order valence-electron chi connectivity index (χ3n) is 8.42. The number of ether oxygens (including phenoxy) is 3. The zero-order chi connectivity index (χ0) is 33.1. The quantitative estimate of drug-likeness (QED) is 0.200. The molecule has 1 unspecified atom stereocenters. The summed E-state index contributed by atoms with van der Waals surface area (Å²) in [4.78, 5) is 8.76. The van der Waals surface area contributed by atoms with E-state index in [4.69, 9.17) is 14.2 Å². The Balaban J connectivity index is 0.00000235. The number of allylic oxidation sites excluding steroid dienone is 4. The van der Waals surface area contributed by atoms with Gasteiger partial charge in [0, 0.05) is 68.8 Å². The van der Waals surface area contributed by atoms with Crippen LogP contribution in [0.15, 0.2) is 63.8 Å². The summed E-state index contributed by atoms with van der Waals surface area (Å²) in [5, 5.41) is 13.3. The van der Waals surface area contributed by atoms with E-state index >= 15 is 0 Å². The van der Waals surface area contributed by atoms with Gasteiger partial charge in [0.25, 0.3) is 0 Å². The Morgan fingerprint density at radius 3 is 2.74 bits per heavy atom. The molecule has 0 bridgehead atoms. The zero-order valence-corrected chi connectivity index (χ0v) is 28.4. The Kier molecular flexibility index (Phi) is 13.0. The van der Waals surface area contributed by atoms with Crippen molar-refractivity contribution in [2.45, 2.75) is 52.6 Å². The maximum Gasteiger partial charge on any atom is 0.238 e. The number of hydrazone groups is 1. The summed E-state index contributed by atoms with van der Waals surface area (Å²) in [7, 11) is 7.12. The first kappa shape index (κ1) is 34.9. The van der Waals surface area contributed by atoms with Gasteiger partial charge < -0.3 is 24.5 Å². The van der Waals surface area contributed by atoms with E-state index in [-0.39, 0.29) is 17.8 Å². The molecule has 0 radical (unpaired) electrons. The summed E-state index contributed by atoms with van der Waals surface area (Å²) in [6.45, 7) is 9.27. The van der Waals surface area contributed by atoms with Crippen LogP contribution in [0.1, 0.15) is 56.4 Å². The fourth-order valence-electron chi connectivity index (χ4n) is 5.98. The van der Waals surface area contributed by atoms with E-state index in [2.05, 4.69) is 48.9 Å². The molecule has 1 fully saturated rings. The van der Waals surface area contributed by atoms with Gasteiger partial charge in [0.15, 0.2) is 0 Å². The summed E-state index contributed by atoms with van der Waals surface area (Å²) in [5.74, 6) is 1.13. The van der Waals surface area contributed by atoms with Crippen LogP contribution in [0.3, 0.4) is 0 Å². The van der Waals surface area contributed by atoms with Crippen molar-refractivity contribution in [1.82, 2.24) is 25.4 Å². The molecule has 2 aliphatic heterocycles. The third-order valence-corrected chi connectivity index (χ3v) is 8.42. The highest BCUT2D eigenvalue weighted by Crippen LogP contribution is 2.29. The van der Waals surface area contributed by atoms with Gasteiger partial charge in [-0.3, -0.25) is 15.0 Å². The SMILES string of the molecule is CC.CN/N=C(\OC[C@H]1CCN(CC2=C(OC)C=CCC=C2F)CCC(OC)C1)c1cc2c(C3=CN(C)CN=C3)n[nH]c2cc1C. The fraction of sp³-hybridized carbons (Fsp3) is 0.514. The van der Waals surface area contributed by atoms with Crippen LogP contribution in [0.4, 0.5) is 4.39 Å². The van der Waals surface area contributed by atoms with Crippen LogP contribution in [-0.4, -0.2) is 99.4 Å². The molecule has 5 rings (SSSR count). The predicted octanol–water partition coefficient (Wildman–Crippen LogP) is 5.94. The number of aliphatic imine (C=N–C) groups is 1. The normalized spacial score (nSPS) is 21.1. The van der Waals surface area contributed by atoms with E-state index < -0.39 is 0 Å². The summed E-state index contributed by atoms with van der Waals surface area (Å²) in [6, 6.07) is 4.17. The largest absolute Gasteiger partial charge is 0.496 e. The lowest BCUT2D eigenvalue weighted by Crippen LogP contribution is -2.36. The lowest BCUT2D eigenvalue weighted by atomic mass is 9.94. The number of aromatic amines is 1. The highest BCUT2D eigenvalue weighted by molar-refractivity contribution is 6.14. The van der Waals surface area contributed by atoms with Crippen LogP contribution in [0, 0.1) is 12.8 Å². The van der Waals surface area contributed by atoms with Crippen LogP contribution in [0.25, 0.3) is 16.5 Å². The van der Waals surface area contributed by atoms with Crippen molar-refractivity contribution in [3.8, 4) is 0 Å². The Morgan fingerprint density at radius 1 is 1.20 bits per heavy atom. The second kappa shape index (κ2) is 17.1. The van der Waals surface area contributed by atoms with Crippen LogP contribution in [0.2, 0.25) is 0 Å². The molecule has 1 aliphatic carbocycles. The molecular formula is C35H50FN7O3. The third kappa shape index (κ3) is 8.64. The van der Waals surface area contributed by atoms with Gasteiger partial charge in [0.1, 0.15) is 23.9 Å². The van der Waals surface area contributed by atoms with Crippen LogP contribution in [-0.2, 0) is 14.2 Å². The van der Waals surface area contributed by atoms with Gasteiger partial charge in [-0.1, -0.05) is 19.9 Å². The van der Waals surface area contributed by atoms with Crippen molar-refractivity contribution >= 4 is 28.6 Å². The van der Waals surface area contributed by atoms with E-state index in [1.807, 2.05) is 51.1 Å².